The van der Waals surface area contributed by atoms with E-state index in [4.69, 9.17) is 25.5 Å². The summed E-state index contributed by atoms with van der Waals surface area (Å²) in [7, 11) is 0. The minimum absolute atomic E-state index is 0.365. The summed E-state index contributed by atoms with van der Waals surface area (Å²) in [6.07, 6.45) is -0.738. The molecule has 0 saturated carbocycles. The zero-order valence-electron chi connectivity index (χ0n) is 7.22. The average molecular weight is 182 g/mol. The van der Waals surface area contributed by atoms with E-state index in [2.05, 4.69) is 0 Å². The highest BCUT2D eigenvalue weighted by Gasteiger charge is 1.93. The summed E-state index contributed by atoms with van der Waals surface area (Å²) in [5, 5.41) is 40.2. The molecule has 5 nitrogen and oxygen atoms in total. The fourth-order valence-corrected chi connectivity index (χ4v) is 0.316. The monoisotopic (exact) mass is 182 g/mol. The van der Waals surface area contributed by atoms with Crippen LogP contribution in [0, 0.1) is 0 Å². The van der Waals surface area contributed by atoms with Crippen LogP contribution in [0.25, 0.3) is 0 Å². The zero-order chi connectivity index (χ0) is 9.98. The molecule has 0 heterocycles. The van der Waals surface area contributed by atoms with Crippen LogP contribution in [0.4, 0.5) is 0 Å². The Bertz CT molecular complexity index is 72.2. The maximum absolute atomic E-state index is 8.17. The minimum atomic E-state index is -1.10. The molecule has 0 fully saturated rings. The van der Waals surface area contributed by atoms with Gasteiger partial charge in [-0.15, -0.1) is 0 Å². The Morgan fingerprint density at radius 3 is 1.42 bits per heavy atom. The lowest BCUT2D eigenvalue weighted by Gasteiger charge is -1.96. The SMILES string of the molecule is CCCC(O)O.OCC(O)CO. The Balaban J connectivity index is 0. The molecule has 5 N–H and O–H groups in total. The molecule has 0 atom stereocenters. The van der Waals surface area contributed by atoms with E-state index in [1.165, 1.54) is 0 Å². The Labute approximate surface area is 71.9 Å². The zero-order valence-corrected chi connectivity index (χ0v) is 7.22. The third-order valence-electron chi connectivity index (χ3n) is 0.968. The molecule has 0 aromatic rings. The average Bonchev–Trinajstić information content (AvgIpc) is 2.04. The maximum atomic E-state index is 8.17. The molecule has 0 unspecified atom stereocenters. The molecule has 0 aliphatic carbocycles. The largest absolute Gasteiger partial charge is 0.394 e. The second kappa shape index (κ2) is 10.8. The number of rotatable bonds is 4. The lowest BCUT2D eigenvalue weighted by Crippen LogP contribution is -2.15. The van der Waals surface area contributed by atoms with Crippen molar-refractivity contribution >= 4 is 0 Å². The molecular formula is C7H18O5. The molecule has 5 heteroatoms. The van der Waals surface area contributed by atoms with Gasteiger partial charge in [-0.1, -0.05) is 13.3 Å². The van der Waals surface area contributed by atoms with Crippen molar-refractivity contribution in [2.45, 2.75) is 32.2 Å². The third-order valence-corrected chi connectivity index (χ3v) is 0.968. The third kappa shape index (κ3) is 16.4. The molecular weight excluding hydrogens is 164 g/mol. The van der Waals surface area contributed by atoms with Crippen LogP contribution in [-0.4, -0.2) is 51.1 Å². The minimum Gasteiger partial charge on any atom is -0.394 e. The van der Waals surface area contributed by atoms with E-state index in [0.29, 0.717) is 6.42 Å². The first-order valence-corrected chi connectivity index (χ1v) is 3.84. The first-order chi connectivity index (χ1) is 5.58. The molecule has 0 bridgehead atoms. The van der Waals surface area contributed by atoms with Crippen LogP contribution in [-0.2, 0) is 0 Å². The van der Waals surface area contributed by atoms with Gasteiger partial charge in [-0.25, -0.2) is 0 Å². The molecule has 0 spiro atoms. The lowest BCUT2D eigenvalue weighted by atomic mass is 10.3. The lowest BCUT2D eigenvalue weighted by molar-refractivity contribution is -0.0453. The number of aliphatic hydroxyl groups is 5. The van der Waals surface area contributed by atoms with Gasteiger partial charge in [-0.2, -0.15) is 0 Å². The second-order valence-electron chi connectivity index (χ2n) is 2.29. The molecule has 0 aromatic carbocycles. The molecule has 0 aliphatic rings. The molecule has 0 radical (unpaired) electrons. The fraction of sp³-hybridized carbons (Fsp3) is 1.00. The van der Waals surface area contributed by atoms with E-state index in [-0.39, 0.29) is 13.2 Å². The van der Waals surface area contributed by atoms with E-state index < -0.39 is 12.4 Å². The normalized spacial score (nSPS) is 10.0. The Morgan fingerprint density at radius 2 is 1.42 bits per heavy atom. The molecule has 12 heavy (non-hydrogen) atoms. The molecule has 0 aromatic heterocycles. The van der Waals surface area contributed by atoms with Gasteiger partial charge in [0.15, 0.2) is 6.29 Å². The van der Waals surface area contributed by atoms with E-state index in [9.17, 15) is 0 Å². The first kappa shape index (κ1) is 14.3. The standard InChI is InChI=1S/C4H10O2.C3H8O3/c1-2-3-4(5)6;4-1-3(6)2-5/h4-6H,2-3H2,1H3;3-6H,1-2H2. The predicted molar refractivity (Wildman–Crippen MR) is 43.3 cm³/mol. The van der Waals surface area contributed by atoms with Crippen LogP contribution in [0.3, 0.4) is 0 Å². The van der Waals surface area contributed by atoms with Crippen molar-refractivity contribution < 1.29 is 25.5 Å². The highest BCUT2D eigenvalue weighted by Crippen LogP contribution is 1.88. The van der Waals surface area contributed by atoms with E-state index >= 15 is 0 Å². The van der Waals surface area contributed by atoms with Crippen molar-refractivity contribution in [1.82, 2.24) is 0 Å². The fourth-order valence-electron chi connectivity index (χ4n) is 0.316. The maximum Gasteiger partial charge on any atom is 0.151 e. The number of hydrogen-bond donors (Lipinski definition) is 5. The smallest absolute Gasteiger partial charge is 0.151 e. The van der Waals surface area contributed by atoms with Crippen molar-refractivity contribution in [3.8, 4) is 0 Å². The highest BCUT2D eigenvalue weighted by atomic mass is 16.5. The van der Waals surface area contributed by atoms with Crippen molar-refractivity contribution in [3.63, 3.8) is 0 Å². The van der Waals surface area contributed by atoms with Gasteiger partial charge >= 0.3 is 0 Å². The predicted octanol–water partition coefficient (Wildman–Crippen LogP) is -1.57. The first-order valence-electron chi connectivity index (χ1n) is 3.84. The summed E-state index contributed by atoms with van der Waals surface area (Å²) in [5.41, 5.74) is 0. The van der Waals surface area contributed by atoms with Crippen LogP contribution in [0.15, 0.2) is 0 Å². The summed E-state index contributed by atoms with van der Waals surface area (Å²) < 4.78 is 0. The quantitative estimate of drug-likeness (QED) is 0.338. The number of aliphatic hydroxyl groups excluding tert-OH is 4. The molecule has 0 saturated heterocycles. The van der Waals surface area contributed by atoms with Gasteiger partial charge in [0.25, 0.3) is 0 Å². The Kier molecular flexibility index (Phi) is 12.9. The van der Waals surface area contributed by atoms with Gasteiger partial charge in [0.05, 0.1) is 13.2 Å². The Morgan fingerprint density at radius 1 is 1.00 bits per heavy atom. The summed E-state index contributed by atoms with van der Waals surface area (Å²) in [6.45, 7) is 1.17. The van der Waals surface area contributed by atoms with Crippen molar-refractivity contribution in [1.29, 1.82) is 0 Å². The van der Waals surface area contributed by atoms with Crippen LogP contribution < -0.4 is 0 Å². The van der Waals surface area contributed by atoms with Gasteiger partial charge in [0.2, 0.25) is 0 Å². The summed E-state index contributed by atoms with van der Waals surface area (Å²) >= 11 is 0. The van der Waals surface area contributed by atoms with Gasteiger partial charge in [-0.05, 0) is 6.42 Å². The van der Waals surface area contributed by atoms with Crippen LogP contribution in [0.1, 0.15) is 19.8 Å². The van der Waals surface area contributed by atoms with E-state index in [0.717, 1.165) is 6.42 Å². The number of hydrogen-bond acceptors (Lipinski definition) is 5. The van der Waals surface area contributed by atoms with Crippen molar-refractivity contribution in [2.75, 3.05) is 13.2 Å². The highest BCUT2D eigenvalue weighted by molar-refractivity contribution is 4.44. The Hall–Kier alpha value is -0.200. The second-order valence-corrected chi connectivity index (χ2v) is 2.29. The molecule has 0 aliphatic heterocycles. The van der Waals surface area contributed by atoms with Crippen molar-refractivity contribution in [2.24, 2.45) is 0 Å². The summed E-state index contributed by atoms with van der Waals surface area (Å²) in [6, 6.07) is 0. The van der Waals surface area contributed by atoms with E-state index in [1.54, 1.807) is 0 Å². The molecule has 0 amide bonds. The van der Waals surface area contributed by atoms with Crippen molar-refractivity contribution in [3.05, 3.63) is 0 Å². The van der Waals surface area contributed by atoms with Gasteiger partial charge in [-0.3, -0.25) is 0 Å². The van der Waals surface area contributed by atoms with Gasteiger partial charge < -0.3 is 25.5 Å². The molecule has 0 rings (SSSR count). The van der Waals surface area contributed by atoms with Gasteiger partial charge in [0.1, 0.15) is 6.10 Å². The van der Waals surface area contributed by atoms with Gasteiger partial charge in [0, 0.05) is 0 Å². The van der Waals surface area contributed by atoms with Crippen LogP contribution in [0.5, 0.6) is 0 Å². The summed E-state index contributed by atoms with van der Waals surface area (Å²) in [4.78, 5) is 0. The summed E-state index contributed by atoms with van der Waals surface area (Å²) in [5.74, 6) is 0. The van der Waals surface area contributed by atoms with E-state index in [1.807, 2.05) is 6.92 Å². The topological polar surface area (TPSA) is 101 Å². The van der Waals surface area contributed by atoms with Crippen LogP contribution >= 0.6 is 0 Å². The molecule has 76 valence electrons. The van der Waals surface area contributed by atoms with Crippen LogP contribution in [0.2, 0.25) is 0 Å².